The number of hydrogen-bond acceptors (Lipinski definition) is 3. The molecule has 0 N–H and O–H groups in total. The standard InChI is InChI=1S/C17H20F3N2O2/c1-2-22-16(24)7-4-9-21(22)10-8-15(23)12-13-5-3-6-14(11-13)17(18,19)20/h3,5-6,11H,1-2,4,7-10,12H2. The molecule has 1 saturated heterocycles. The molecule has 0 aromatic heterocycles. The Labute approximate surface area is 139 Å². The Balaban J connectivity index is 1.90. The average molecular weight is 341 g/mol. The largest absolute Gasteiger partial charge is 0.416 e. The number of amides is 1. The van der Waals surface area contributed by atoms with Gasteiger partial charge in [0, 0.05) is 38.9 Å². The summed E-state index contributed by atoms with van der Waals surface area (Å²) in [6.45, 7) is 5.07. The number of ketones is 1. The highest BCUT2D eigenvalue weighted by molar-refractivity contribution is 5.81. The maximum Gasteiger partial charge on any atom is 0.416 e. The summed E-state index contributed by atoms with van der Waals surface area (Å²) in [5, 5.41) is 3.32. The summed E-state index contributed by atoms with van der Waals surface area (Å²) < 4.78 is 38.0. The van der Waals surface area contributed by atoms with Crippen molar-refractivity contribution >= 4 is 11.7 Å². The van der Waals surface area contributed by atoms with Crippen LogP contribution in [-0.2, 0) is 22.2 Å². The highest BCUT2D eigenvalue weighted by atomic mass is 19.4. The monoisotopic (exact) mass is 341 g/mol. The van der Waals surface area contributed by atoms with Gasteiger partial charge in [0.25, 0.3) is 0 Å². The Bertz CT molecular complexity index is 602. The zero-order chi connectivity index (χ0) is 17.7. The van der Waals surface area contributed by atoms with Crippen LogP contribution in [0.2, 0.25) is 0 Å². The van der Waals surface area contributed by atoms with Gasteiger partial charge in [-0.15, -0.1) is 0 Å². The fourth-order valence-corrected chi connectivity index (χ4v) is 2.75. The number of halogens is 3. The molecule has 0 unspecified atom stereocenters. The molecule has 2 rings (SSSR count). The van der Waals surface area contributed by atoms with E-state index in [4.69, 9.17) is 0 Å². The molecule has 24 heavy (non-hydrogen) atoms. The number of carbonyl (C=O) groups is 2. The highest BCUT2D eigenvalue weighted by Crippen LogP contribution is 2.29. The summed E-state index contributed by atoms with van der Waals surface area (Å²) in [7, 11) is 0. The van der Waals surface area contributed by atoms with Crippen LogP contribution in [0.15, 0.2) is 24.3 Å². The number of Topliss-reactive ketones (excluding diaryl/α,β-unsaturated/α-hetero) is 1. The molecule has 1 aliphatic heterocycles. The van der Waals surface area contributed by atoms with Gasteiger partial charge in [-0.3, -0.25) is 14.6 Å². The molecule has 1 radical (unpaired) electrons. The Morgan fingerprint density at radius 3 is 2.71 bits per heavy atom. The molecule has 131 valence electrons. The molecule has 4 nitrogen and oxygen atoms in total. The van der Waals surface area contributed by atoms with Gasteiger partial charge in [-0.2, -0.15) is 13.2 Å². The van der Waals surface area contributed by atoms with Gasteiger partial charge in [0.05, 0.1) is 5.56 Å². The molecule has 0 saturated carbocycles. The van der Waals surface area contributed by atoms with Crippen molar-refractivity contribution in [2.45, 2.75) is 31.9 Å². The predicted molar refractivity (Wildman–Crippen MR) is 82.6 cm³/mol. The Kier molecular flexibility index (Phi) is 5.99. The number of hydrazine groups is 1. The molecule has 0 spiro atoms. The van der Waals surface area contributed by atoms with Crippen molar-refractivity contribution in [3.8, 4) is 0 Å². The second-order valence-electron chi connectivity index (χ2n) is 5.74. The van der Waals surface area contributed by atoms with E-state index in [2.05, 4.69) is 6.92 Å². The summed E-state index contributed by atoms with van der Waals surface area (Å²) >= 11 is 0. The van der Waals surface area contributed by atoms with E-state index < -0.39 is 11.7 Å². The van der Waals surface area contributed by atoms with Crippen molar-refractivity contribution in [1.29, 1.82) is 0 Å². The minimum Gasteiger partial charge on any atom is -0.299 e. The summed E-state index contributed by atoms with van der Waals surface area (Å²) in [6.07, 6.45) is -3.07. The average Bonchev–Trinajstić information content (AvgIpc) is 2.52. The number of nitrogens with zero attached hydrogens (tertiary/aromatic N) is 2. The van der Waals surface area contributed by atoms with Crippen molar-refractivity contribution in [3.05, 3.63) is 42.3 Å². The zero-order valence-electron chi connectivity index (χ0n) is 13.3. The van der Waals surface area contributed by atoms with Gasteiger partial charge in [-0.05, 0) is 25.0 Å². The van der Waals surface area contributed by atoms with Gasteiger partial charge in [0.1, 0.15) is 5.78 Å². The van der Waals surface area contributed by atoms with Gasteiger partial charge >= 0.3 is 6.18 Å². The first-order chi connectivity index (χ1) is 11.3. The third-order valence-corrected chi connectivity index (χ3v) is 3.95. The topological polar surface area (TPSA) is 40.6 Å². The first-order valence-corrected chi connectivity index (χ1v) is 7.83. The fourth-order valence-electron chi connectivity index (χ4n) is 2.75. The molecule has 0 atom stereocenters. The molecule has 0 bridgehead atoms. The molecular formula is C17H20F3N2O2. The van der Waals surface area contributed by atoms with Crippen molar-refractivity contribution in [1.82, 2.24) is 10.0 Å². The van der Waals surface area contributed by atoms with Gasteiger partial charge in [0.2, 0.25) is 5.91 Å². The van der Waals surface area contributed by atoms with Gasteiger partial charge in [-0.1, -0.05) is 18.2 Å². The minimum absolute atomic E-state index is 0.0124. The summed E-state index contributed by atoms with van der Waals surface area (Å²) in [5.41, 5.74) is -0.406. The van der Waals surface area contributed by atoms with Crippen LogP contribution in [0, 0.1) is 6.92 Å². The lowest BCUT2D eigenvalue weighted by molar-refractivity contribution is -0.154. The number of alkyl halides is 3. The van der Waals surface area contributed by atoms with Gasteiger partial charge in [0.15, 0.2) is 0 Å². The lowest BCUT2D eigenvalue weighted by Gasteiger charge is -2.37. The molecule has 1 fully saturated rings. The van der Waals surface area contributed by atoms with E-state index in [-0.39, 0.29) is 24.5 Å². The Morgan fingerprint density at radius 2 is 2.04 bits per heavy atom. The summed E-state index contributed by atoms with van der Waals surface area (Å²) in [6, 6.07) is 4.81. The Morgan fingerprint density at radius 1 is 1.29 bits per heavy atom. The fraction of sp³-hybridized carbons (Fsp3) is 0.471. The molecule has 1 amide bonds. The summed E-state index contributed by atoms with van der Waals surface area (Å²) in [5.74, 6) is -0.169. The first-order valence-electron chi connectivity index (χ1n) is 7.83. The van der Waals surface area contributed by atoms with Crippen molar-refractivity contribution in [2.75, 3.05) is 19.6 Å². The second kappa shape index (κ2) is 7.79. The van der Waals surface area contributed by atoms with E-state index in [1.54, 1.807) is 5.01 Å². The summed E-state index contributed by atoms with van der Waals surface area (Å²) in [4.78, 5) is 23.8. The SMILES string of the molecule is [CH2]CN1C(=O)CCCN1CCC(=O)Cc1cccc(C(F)(F)F)c1. The van der Waals surface area contributed by atoms with Crippen LogP contribution in [-0.4, -0.2) is 41.3 Å². The first kappa shape index (κ1) is 18.4. The molecule has 1 heterocycles. The molecule has 1 aromatic carbocycles. The minimum atomic E-state index is -4.41. The van der Waals surface area contributed by atoms with Crippen LogP contribution in [0.4, 0.5) is 13.2 Å². The van der Waals surface area contributed by atoms with Crippen molar-refractivity contribution in [3.63, 3.8) is 0 Å². The third kappa shape index (κ3) is 4.80. The van der Waals surface area contributed by atoms with Crippen LogP contribution in [0.25, 0.3) is 0 Å². The number of carbonyl (C=O) groups excluding carboxylic acids is 2. The maximum absolute atomic E-state index is 12.7. The van der Waals surface area contributed by atoms with Crippen LogP contribution in [0.3, 0.4) is 0 Å². The third-order valence-electron chi connectivity index (χ3n) is 3.95. The van der Waals surface area contributed by atoms with E-state index in [1.165, 1.54) is 17.1 Å². The smallest absolute Gasteiger partial charge is 0.299 e. The number of hydrogen-bond donors (Lipinski definition) is 0. The Hall–Kier alpha value is -1.89. The van der Waals surface area contributed by atoms with E-state index in [0.29, 0.717) is 31.6 Å². The lowest BCUT2D eigenvalue weighted by Crippen LogP contribution is -2.51. The van der Waals surface area contributed by atoms with Crippen molar-refractivity contribution in [2.24, 2.45) is 0 Å². The van der Waals surface area contributed by atoms with Crippen LogP contribution < -0.4 is 0 Å². The van der Waals surface area contributed by atoms with E-state index in [1.807, 2.05) is 0 Å². The van der Waals surface area contributed by atoms with Crippen LogP contribution in [0.5, 0.6) is 0 Å². The second-order valence-corrected chi connectivity index (χ2v) is 5.74. The van der Waals surface area contributed by atoms with E-state index in [9.17, 15) is 22.8 Å². The lowest BCUT2D eigenvalue weighted by atomic mass is 10.0. The molecule has 7 heteroatoms. The molecule has 1 aromatic rings. The normalized spacial score (nSPS) is 16.5. The van der Waals surface area contributed by atoms with E-state index >= 15 is 0 Å². The molecular weight excluding hydrogens is 321 g/mol. The van der Waals surface area contributed by atoms with Crippen LogP contribution in [0.1, 0.15) is 30.4 Å². The van der Waals surface area contributed by atoms with Crippen LogP contribution >= 0.6 is 0 Å². The molecule has 1 aliphatic rings. The number of rotatable bonds is 6. The molecule has 0 aliphatic carbocycles. The maximum atomic E-state index is 12.7. The highest BCUT2D eigenvalue weighted by Gasteiger charge is 2.30. The van der Waals surface area contributed by atoms with E-state index in [0.717, 1.165) is 18.6 Å². The van der Waals surface area contributed by atoms with Gasteiger partial charge < -0.3 is 0 Å². The predicted octanol–water partition coefficient (Wildman–Crippen LogP) is 2.88. The number of benzene rings is 1. The zero-order valence-corrected chi connectivity index (χ0v) is 13.3. The van der Waals surface area contributed by atoms with Gasteiger partial charge in [-0.25, -0.2) is 5.01 Å². The van der Waals surface area contributed by atoms with Crippen molar-refractivity contribution < 1.29 is 22.8 Å². The quantitative estimate of drug-likeness (QED) is 0.799.